The molecule has 3 nitrogen and oxygen atoms in total. The Labute approximate surface area is 98.3 Å². The summed E-state index contributed by atoms with van der Waals surface area (Å²) in [6.45, 7) is 4.16. The number of hydrogen-bond donors (Lipinski definition) is 2. The average molecular weight is 245 g/mol. The number of nitrogens with two attached hydrogens (primary N) is 1. The summed E-state index contributed by atoms with van der Waals surface area (Å²) in [4.78, 5) is 0.963. The molecule has 1 rings (SSSR count). The van der Waals surface area contributed by atoms with E-state index >= 15 is 0 Å². The quantitative estimate of drug-likeness (QED) is 0.283. The zero-order valence-electron chi connectivity index (χ0n) is 8.57. The average Bonchev–Trinajstić information content (AvgIpc) is 2.19. The molecular formula is C10H13ClN2OS. The van der Waals surface area contributed by atoms with E-state index in [0.29, 0.717) is 15.8 Å². The Kier molecular flexibility index (Phi) is 4.29. The van der Waals surface area contributed by atoms with Crippen LogP contribution in [0.3, 0.4) is 0 Å². The highest BCUT2D eigenvalue weighted by Crippen LogP contribution is 2.28. The summed E-state index contributed by atoms with van der Waals surface area (Å²) in [5.74, 6) is 0.0839. The van der Waals surface area contributed by atoms with Crippen molar-refractivity contribution in [3.8, 4) is 0 Å². The van der Waals surface area contributed by atoms with Crippen molar-refractivity contribution in [1.82, 2.24) is 0 Å². The Bertz CT molecular complexity index is 380. The number of rotatable bonds is 3. The van der Waals surface area contributed by atoms with Gasteiger partial charge >= 0.3 is 0 Å². The van der Waals surface area contributed by atoms with E-state index in [0.717, 1.165) is 4.90 Å². The highest BCUT2D eigenvalue weighted by atomic mass is 35.5. The first-order chi connectivity index (χ1) is 7.04. The topological polar surface area (TPSA) is 58.6 Å². The lowest BCUT2D eigenvalue weighted by Crippen LogP contribution is -2.14. The number of hydrogen-bond acceptors (Lipinski definition) is 3. The van der Waals surface area contributed by atoms with Gasteiger partial charge in [0.25, 0.3) is 0 Å². The molecule has 0 atom stereocenters. The van der Waals surface area contributed by atoms with Crippen LogP contribution in [0.1, 0.15) is 19.4 Å². The zero-order valence-corrected chi connectivity index (χ0v) is 10.1. The van der Waals surface area contributed by atoms with Crippen molar-refractivity contribution in [2.24, 2.45) is 10.9 Å². The summed E-state index contributed by atoms with van der Waals surface area (Å²) >= 11 is 7.50. The van der Waals surface area contributed by atoms with E-state index in [1.807, 2.05) is 6.07 Å². The highest BCUT2D eigenvalue weighted by molar-refractivity contribution is 8.00. The van der Waals surface area contributed by atoms with Crippen molar-refractivity contribution in [2.45, 2.75) is 24.0 Å². The molecule has 0 aliphatic carbocycles. The number of nitrogens with zero attached hydrogens (tertiary/aromatic N) is 1. The largest absolute Gasteiger partial charge is 0.409 e. The summed E-state index contributed by atoms with van der Waals surface area (Å²) in [7, 11) is 0. The second-order valence-electron chi connectivity index (χ2n) is 3.29. The summed E-state index contributed by atoms with van der Waals surface area (Å²) in [5.41, 5.74) is 6.24. The molecule has 0 unspecified atom stereocenters. The van der Waals surface area contributed by atoms with E-state index in [-0.39, 0.29) is 5.84 Å². The number of thioether (sulfide) groups is 1. The van der Waals surface area contributed by atoms with Crippen LogP contribution < -0.4 is 5.73 Å². The van der Waals surface area contributed by atoms with Gasteiger partial charge in [0.2, 0.25) is 0 Å². The normalized spacial score (nSPS) is 12.1. The molecule has 0 aromatic heterocycles. The second kappa shape index (κ2) is 5.28. The van der Waals surface area contributed by atoms with Crippen LogP contribution in [0, 0.1) is 0 Å². The summed E-state index contributed by atoms with van der Waals surface area (Å²) in [6.07, 6.45) is 0. The molecule has 0 saturated heterocycles. The molecule has 0 radical (unpaired) electrons. The van der Waals surface area contributed by atoms with Gasteiger partial charge in [0.05, 0.1) is 0 Å². The minimum atomic E-state index is 0.0839. The number of oxime groups is 1. The first-order valence-corrected chi connectivity index (χ1v) is 5.74. The first-order valence-electron chi connectivity index (χ1n) is 4.48. The van der Waals surface area contributed by atoms with Gasteiger partial charge in [-0.2, -0.15) is 0 Å². The van der Waals surface area contributed by atoms with Gasteiger partial charge < -0.3 is 10.9 Å². The fraction of sp³-hybridized carbons (Fsp3) is 0.300. The standard InChI is InChI=1S/C10H13ClN2OS/c1-6(2)15-9-4-3-7(11)5-8(9)10(12)13-14/h3-6,14H,1-2H3,(H2,12,13). The maximum absolute atomic E-state index is 8.65. The lowest BCUT2D eigenvalue weighted by molar-refractivity contribution is 0.318. The van der Waals surface area contributed by atoms with Crippen molar-refractivity contribution in [2.75, 3.05) is 0 Å². The maximum atomic E-state index is 8.65. The van der Waals surface area contributed by atoms with Gasteiger partial charge in [0, 0.05) is 20.7 Å². The van der Waals surface area contributed by atoms with Gasteiger partial charge in [-0.15, -0.1) is 11.8 Å². The molecule has 82 valence electrons. The van der Waals surface area contributed by atoms with Gasteiger partial charge in [0.1, 0.15) is 0 Å². The van der Waals surface area contributed by atoms with Crippen LogP contribution in [0.2, 0.25) is 5.02 Å². The van der Waals surface area contributed by atoms with Crippen LogP contribution >= 0.6 is 23.4 Å². The van der Waals surface area contributed by atoms with Gasteiger partial charge in [-0.05, 0) is 18.2 Å². The van der Waals surface area contributed by atoms with E-state index in [1.54, 1.807) is 23.9 Å². The van der Waals surface area contributed by atoms with E-state index in [1.165, 1.54) is 0 Å². The lowest BCUT2D eigenvalue weighted by atomic mass is 10.2. The van der Waals surface area contributed by atoms with Crippen LogP contribution in [0.15, 0.2) is 28.3 Å². The van der Waals surface area contributed by atoms with Gasteiger partial charge in [0.15, 0.2) is 5.84 Å². The molecule has 0 bridgehead atoms. The van der Waals surface area contributed by atoms with Gasteiger partial charge in [-0.25, -0.2) is 0 Å². The van der Waals surface area contributed by atoms with E-state index in [2.05, 4.69) is 19.0 Å². The summed E-state index contributed by atoms with van der Waals surface area (Å²) in [6, 6.07) is 5.36. The SMILES string of the molecule is CC(C)Sc1ccc(Cl)cc1C(N)=NO. The van der Waals surface area contributed by atoms with Crippen molar-refractivity contribution in [3.05, 3.63) is 28.8 Å². The molecule has 0 heterocycles. The molecule has 0 spiro atoms. The smallest absolute Gasteiger partial charge is 0.171 e. The van der Waals surface area contributed by atoms with E-state index in [4.69, 9.17) is 22.5 Å². The Morgan fingerprint density at radius 1 is 1.53 bits per heavy atom. The van der Waals surface area contributed by atoms with Crippen LogP contribution in [0.5, 0.6) is 0 Å². The predicted molar refractivity (Wildman–Crippen MR) is 65.0 cm³/mol. The lowest BCUT2D eigenvalue weighted by Gasteiger charge is -2.10. The molecule has 15 heavy (non-hydrogen) atoms. The number of halogens is 1. The van der Waals surface area contributed by atoms with Crippen molar-refractivity contribution >= 4 is 29.2 Å². The Balaban J connectivity index is 3.14. The van der Waals surface area contributed by atoms with Crippen molar-refractivity contribution in [3.63, 3.8) is 0 Å². The van der Waals surface area contributed by atoms with Crippen molar-refractivity contribution < 1.29 is 5.21 Å². The minimum Gasteiger partial charge on any atom is -0.409 e. The van der Waals surface area contributed by atoms with Crippen LogP contribution in [0.4, 0.5) is 0 Å². The Morgan fingerprint density at radius 3 is 2.73 bits per heavy atom. The summed E-state index contributed by atoms with van der Waals surface area (Å²) < 4.78 is 0. The van der Waals surface area contributed by atoms with Crippen LogP contribution in [-0.4, -0.2) is 16.3 Å². The molecule has 5 heteroatoms. The predicted octanol–water partition coefficient (Wildman–Crippen LogP) is 2.94. The monoisotopic (exact) mass is 244 g/mol. The summed E-state index contributed by atoms with van der Waals surface area (Å²) in [5, 5.41) is 12.6. The molecular weight excluding hydrogens is 232 g/mol. The Morgan fingerprint density at radius 2 is 2.20 bits per heavy atom. The second-order valence-corrected chi connectivity index (χ2v) is 5.35. The third-order valence-electron chi connectivity index (χ3n) is 1.69. The first kappa shape index (κ1) is 12.2. The van der Waals surface area contributed by atoms with Crippen molar-refractivity contribution in [1.29, 1.82) is 0 Å². The molecule has 0 amide bonds. The van der Waals surface area contributed by atoms with Gasteiger partial charge in [-0.3, -0.25) is 0 Å². The number of amidine groups is 1. The molecule has 0 saturated carbocycles. The third kappa shape index (κ3) is 3.32. The molecule has 0 aliphatic heterocycles. The van der Waals surface area contributed by atoms with Crippen LogP contribution in [-0.2, 0) is 0 Å². The maximum Gasteiger partial charge on any atom is 0.171 e. The molecule has 1 aromatic rings. The zero-order chi connectivity index (χ0) is 11.4. The fourth-order valence-corrected chi connectivity index (χ4v) is 2.23. The Hall–Kier alpha value is -0.870. The molecule has 0 aliphatic rings. The minimum absolute atomic E-state index is 0.0839. The molecule has 3 N–H and O–H groups in total. The van der Waals surface area contributed by atoms with Crippen LogP contribution in [0.25, 0.3) is 0 Å². The number of benzene rings is 1. The fourth-order valence-electron chi connectivity index (χ4n) is 1.11. The highest BCUT2D eigenvalue weighted by Gasteiger charge is 2.09. The molecule has 1 aromatic carbocycles. The van der Waals surface area contributed by atoms with E-state index < -0.39 is 0 Å². The molecule has 0 fully saturated rings. The van der Waals surface area contributed by atoms with Gasteiger partial charge in [-0.1, -0.05) is 30.6 Å². The van der Waals surface area contributed by atoms with E-state index in [9.17, 15) is 0 Å². The third-order valence-corrected chi connectivity index (χ3v) is 3.00.